The molecule has 7 heavy (non-hydrogen) atoms. The average Bonchev–Trinajstić information content (AvgIpc) is 1.68. The molecule has 1 unspecified atom stereocenters. The van der Waals surface area contributed by atoms with Crippen LogP contribution in [0.15, 0.2) is 12.2 Å². The van der Waals surface area contributed by atoms with Crippen LogP contribution in [0.3, 0.4) is 0 Å². The van der Waals surface area contributed by atoms with E-state index in [0.717, 1.165) is 0 Å². The van der Waals surface area contributed by atoms with Crippen LogP contribution in [0, 0.1) is 0 Å². The SMILES string of the molecule is C/C=C/C(=O)OP. The van der Waals surface area contributed by atoms with Crippen LogP contribution in [0.2, 0.25) is 0 Å². The zero-order valence-corrected chi connectivity index (χ0v) is 5.20. The van der Waals surface area contributed by atoms with E-state index in [2.05, 4.69) is 4.52 Å². The van der Waals surface area contributed by atoms with Gasteiger partial charge in [-0.25, -0.2) is 4.79 Å². The summed E-state index contributed by atoms with van der Waals surface area (Å²) in [7, 11) is 1.87. The summed E-state index contributed by atoms with van der Waals surface area (Å²) in [4.78, 5) is 10.1. The van der Waals surface area contributed by atoms with Crippen molar-refractivity contribution in [2.75, 3.05) is 0 Å². The minimum absolute atomic E-state index is 0.340. The molecule has 0 amide bonds. The highest BCUT2D eigenvalue weighted by Crippen LogP contribution is 1.86. The summed E-state index contributed by atoms with van der Waals surface area (Å²) >= 11 is 0. The molecule has 0 rings (SSSR count). The summed E-state index contributed by atoms with van der Waals surface area (Å²) in [5.41, 5.74) is 0. The fourth-order valence-corrected chi connectivity index (χ4v) is 0.254. The minimum atomic E-state index is -0.340. The van der Waals surface area contributed by atoms with Crippen LogP contribution in [0.4, 0.5) is 0 Å². The van der Waals surface area contributed by atoms with Crippen LogP contribution in [0.1, 0.15) is 6.92 Å². The molecule has 0 radical (unpaired) electrons. The van der Waals surface area contributed by atoms with Gasteiger partial charge in [0.2, 0.25) is 0 Å². The van der Waals surface area contributed by atoms with Crippen molar-refractivity contribution in [3.63, 3.8) is 0 Å². The monoisotopic (exact) mass is 118 g/mol. The van der Waals surface area contributed by atoms with E-state index in [0.29, 0.717) is 0 Å². The summed E-state index contributed by atoms with van der Waals surface area (Å²) < 4.78 is 4.18. The Morgan fingerprint density at radius 2 is 2.43 bits per heavy atom. The molecule has 3 heteroatoms. The number of rotatable bonds is 1. The Hall–Kier alpha value is -0.360. The number of allylic oxidation sites excluding steroid dienone is 1. The maximum atomic E-state index is 10.1. The molecule has 0 saturated heterocycles. The van der Waals surface area contributed by atoms with Crippen LogP contribution in [0.5, 0.6) is 0 Å². The number of carbonyl (C=O) groups excluding carboxylic acids is 1. The highest BCUT2D eigenvalue weighted by atomic mass is 31.0. The van der Waals surface area contributed by atoms with E-state index in [1.165, 1.54) is 6.08 Å². The number of hydrogen-bond donors (Lipinski definition) is 0. The van der Waals surface area contributed by atoms with Gasteiger partial charge >= 0.3 is 5.97 Å². The molecule has 0 heterocycles. The van der Waals surface area contributed by atoms with Gasteiger partial charge in [-0.2, -0.15) is 0 Å². The first-order valence-electron chi connectivity index (χ1n) is 1.84. The predicted molar refractivity (Wildman–Crippen MR) is 30.6 cm³/mol. The largest absolute Gasteiger partial charge is 0.448 e. The lowest BCUT2D eigenvalue weighted by Gasteiger charge is -1.84. The third kappa shape index (κ3) is 3.47. The Morgan fingerprint density at radius 1 is 1.86 bits per heavy atom. The van der Waals surface area contributed by atoms with Crippen LogP contribution in [0.25, 0.3) is 0 Å². The van der Waals surface area contributed by atoms with E-state index in [4.69, 9.17) is 0 Å². The minimum Gasteiger partial charge on any atom is -0.448 e. The molecule has 0 aliphatic heterocycles. The molecule has 40 valence electrons. The van der Waals surface area contributed by atoms with Gasteiger partial charge in [-0.1, -0.05) is 6.08 Å². The quantitative estimate of drug-likeness (QED) is 0.377. The van der Waals surface area contributed by atoms with Gasteiger partial charge in [0.1, 0.15) is 0 Å². The molecule has 2 nitrogen and oxygen atoms in total. The van der Waals surface area contributed by atoms with Gasteiger partial charge in [0.05, 0.1) is 9.47 Å². The van der Waals surface area contributed by atoms with Crippen molar-refractivity contribution >= 4 is 15.4 Å². The summed E-state index contributed by atoms with van der Waals surface area (Å²) in [5.74, 6) is -0.340. The van der Waals surface area contributed by atoms with Gasteiger partial charge in [-0.15, -0.1) is 0 Å². The van der Waals surface area contributed by atoms with Crippen molar-refractivity contribution in [2.24, 2.45) is 0 Å². The topological polar surface area (TPSA) is 26.3 Å². The highest BCUT2D eigenvalue weighted by Gasteiger charge is 1.84. The summed E-state index contributed by atoms with van der Waals surface area (Å²) in [6, 6.07) is 0. The fourth-order valence-electron chi connectivity index (χ4n) is 0.175. The molecule has 1 atom stereocenters. The summed E-state index contributed by atoms with van der Waals surface area (Å²) in [5, 5.41) is 0. The van der Waals surface area contributed by atoms with E-state index in [1.54, 1.807) is 13.0 Å². The molecule has 0 aromatic heterocycles. The fraction of sp³-hybridized carbons (Fsp3) is 0.250. The molecule has 0 aromatic carbocycles. The number of hydrogen-bond acceptors (Lipinski definition) is 2. The van der Waals surface area contributed by atoms with Gasteiger partial charge in [-0.05, 0) is 6.92 Å². The average molecular weight is 118 g/mol. The first kappa shape index (κ1) is 6.64. The lowest BCUT2D eigenvalue weighted by molar-refractivity contribution is -0.127. The van der Waals surface area contributed by atoms with Gasteiger partial charge < -0.3 is 4.52 Å². The molecule has 0 fully saturated rings. The van der Waals surface area contributed by atoms with E-state index in [9.17, 15) is 4.79 Å². The lowest BCUT2D eigenvalue weighted by Crippen LogP contribution is -1.86. The van der Waals surface area contributed by atoms with Crippen molar-refractivity contribution in [1.82, 2.24) is 0 Å². The van der Waals surface area contributed by atoms with Crippen LogP contribution in [-0.4, -0.2) is 5.97 Å². The normalized spacial score (nSPS) is 9.43. The van der Waals surface area contributed by atoms with Crippen molar-refractivity contribution < 1.29 is 9.32 Å². The second kappa shape index (κ2) is 3.82. The Labute approximate surface area is 44.8 Å². The van der Waals surface area contributed by atoms with Crippen molar-refractivity contribution in [3.05, 3.63) is 12.2 Å². The standard InChI is InChI=1S/C4H7O2P/c1-2-3-4(5)6-7/h2-3H,7H2,1H3/b3-2+. The lowest BCUT2D eigenvalue weighted by atomic mass is 10.5. The summed E-state index contributed by atoms with van der Waals surface area (Å²) in [6.45, 7) is 1.75. The van der Waals surface area contributed by atoms with Gasteiger partial charge in [0, 0.05) is 6.08 Å². The Kier molecular flexibility index (Phi) is 3.62. The Balaban J connectivity index is 3.37. The van der Waals surface area contributed by atoms with Gasteiger partial charge in [-0.3, -0.25) is 0 Å². The van der Waals surface area contributed by atoms with Crippen molar-refractivity contribution in [3.8, 4) is 0 Å². The Bertz CT molecular complexity index is 87.7. The van der Waals surface area contributed by atoms with Crippen LogP contribution >= 0.6 is 9.47 Å². The van der Waals surface area contributed by atoms with E-state index in [-0.39, 0.29) is 5.97 Å². The van der Waals surface area contributed by atoms with Crippen LogP contribution in [-0.2, 0) is 9.32 Å². The van der Waals surface area contributed by atoms with Crippen molar-refractivity contribution in [2.45, 2.75) is 6.92 Å². The summed E-state index contributed by atoms with van der Waals surface area (Å²) in [6.07, 6.45) is 2.96. The van der Waals surface area contributed by atoms with Crippen LogP contribution < -0.4 is 0 Å². The first-order valence-corrected chi connectivity index (χ1v) is 2.31. The molecule has 0 saturated carbocycles. The molecule has 0 aliphatic rings. The Morgan fingerprint density at radius 3 is 2.57 bits per heavy atom. The molecule has 0 aliphatic carbocycles. The third-order valence-electron chi connectivity index (χ3n) is 0.419. The van der Waals surface area contributed by atoms with E-state index < -0.39 is 0 Å². The zero-order valence-electron chi connectivity index (χ0n) is 4.05. The molecule has 0 N–H and O–H groups in total. The predicted octanol–water partition coefficient (Wildman–Crippen LogP) is 0.896. The maximum Gasteiger partial charge on any atom is 0.332 e. The van der Waals surface area contributed by atoms with Gasteiger partial charge in [0.25, 0.3) is 0 Å². The third-order valence-corrected chi connectivity index (χ3v) is 0.651. The second-order valence-corrected chi connectivity index (χ2v) is 1.17. The molecule has 0 spiro atoms. The zero-order chi connectivity index (χ0) is 5.70. The smallest absolute Gasteiger partial charge is 0.332 e. The highest BCUT2D eigenvalue weighted by molar-refractivity contribution is 7.10. The molecule has 0 aromatic rings. The van der Waals surface area contributed by atoms with Gasteiger partial charge in [0.15, 0.2) is 0 Å². The van der Waals surface area contributed by atoms with E-state index >= 15 is 0 Å². The van der Waals surface area contributed by atoms with E-state index in [1.807, 2.05) is 9.47 Å². The molecular formula is C4H7O2P. The number of carbonyl (C=O) groups is 1. The maximum absolute atomic E-state index is 10.1. The van der Waals surface area contributed by atoms with Crippen molar-refractivity contribution in [1.29, 1.82) is 0 Å². The molecule has 0 bridgehead atoms. The molecular weight excluding hydrogens is 111 g/mol. The first-order chi connectivity index (χ1) is 3.31. The second-order valence-electron chi connectivity index (χ2n) is 0.937.